The van der Waals surface area contributed by atoms with Crippen LogP contribution in [0.5, 0.6) is 0 Å². The van der Waals surface area contributed by atoms with Crippen molar-refractivity contribution in [2.75, 3.05) is 0 Å². The van der Waals surface area contributed by atoms with Crippen LogP contribution in [0.15, 0.2) is 5.16 Å². The summed E-state index contributed by atoms with van der Waals surface area (Å²) in [5.74, 6) is 0. The summed E-state index contributed by atoms with van der Waals surface area (Å²) in [6.45, 7) is 1.59. The summed E-state index contributed by atoms with van der Waals surface area (Å²) in [6, 6.07) is 0. The Hall–Kier alpha value is 0.280. The minimum atomic E-state index is -3.44. The fourth-order valence-electron chi connectivity index (χ4n) is 0.102. The molecule has 8 heavy (non-hydrogen) atoms. The zero-order chi connectivity index (χ0) is 6.62. The maximum Gasteiger partial charge on any atom is 0.447 e. The first-order valence-electron chi connectivity index (χ1n) is 1.72. The zero-order valence-corrected chi connectivity index (χ0v) is 6.45. The molecule has 0 aromatic rings. The Kier molecular flexibility index (Phi) is 3.45. The molecule has 3 nitrogen and oxygen atoms in total. The van der Waals surface area contributed by atoms with Gasteiger partial charge in [0.2, 0.25) is 0 Å². The molecule has 0 aromatic carbocycles. The maximum absolute atomic E-state index is 10.2. The van der Waals surface area contributed by atoms with Gasteiger partial charge in [0.25, 0.3) is 0 Å². The SMILES string of the molecule is CC=NOP(=O)(Cl)Cl. The molecule has 0 aliphatic heterocycles. The van der Waals surface area contributed by atoms with Gasteiger partial charge < -0.3 is 4.62 Å². The van der Waals surface area contributed by atoms with Crippen LogP contribution in [-0.4, -0.2) is 6.21 Å². The molecule has 0 rings (SSSR count). The molecular weight excluding hydrogens is 172 g/mol. The predicted octanol–water partition coefficient (Wildman–Crippen LogP) is 2.59. The summed E-state index contributed by atoms with van der Waals surface area (Å²) in [7, 11) is 0. The minimum Gasteiger partial charge on any atom is -0.311 e. The highest BCUT2D eigenvalue weighted by Gasteiger charge is 2.13. The van der Waals surface area contributed by atoms with Gasteiger partial charge in [0.05, 0.1) is 0 Å². The van der Waals surface area contributed by atoms with Gasteiger partial charge in [0.15, 0.2) is 0 Å². The smallest absolute Gasteiger partial charge is 0.311 e. The maximum atomic E-state index is 10.2. The van der Waals surface area contributed by atoms with E-state index in [2.05, 4.69) is 9.78 Å². The van der Waals surface area contributed by atoms with Crippen LogP contribution >= 0.6 is 28.6 Å². The topological polar surface area (TPSA) is 38.7 Å². The van der Waals surface area contributed by atoms with Gasteiger partial charge in [-0.05, 0) is 6.92 Å². The summed E-state index contributed by atoms with van der Waals surface area (Å²) in [5.41, 5.74) is 0. The van der Waals surface area contributed by atoms with E-state index in [-0.39, 0.29) is 0 Å². The monoisotopic (exact) mass is 175 g/mol. The highest BCUT2D eigenvalue weighted by Crippen LogP contribution is 2.57. The van der Waals surface area contributed by atoms with Crippen LogP contribution in [0.25, 0.3) is 0 Å². The lowest BCUT2D eigenvalue weighted by Gasteiger charge is -1.93. The molecule has 0 fully saturated rings. The quantitative estimate of drug-likeness (QED) is 0.368. The number of halogens is 2. The Morgan fingerprint density at radius 1 is 1.75 bits per heavy atom. The molecule has 0 aliphatic carbocycles. The molecule has 0 amide bonds. The molecule has 0 unspecified atom stereocenters. The van der Waals surface area contributed by atoms with Crippen LogP contribution in [-0.2, 0) is 9.19 Å². The Morgan fingerprint density at radius 3 is 2.38 bits per heavy atom. The highest BCUT2D eigenvalue weighted by atomic mass is 35.9. The largest absolute Gasteiger partial charge is 0.447 e. The van der Waals surface area contributed by atoms with Crippen LogP contribution in [0, 0.1) is 0 Å². The number of nitrogens with zero attached hydrogens (tertiary/aromatic N) is 1. The molecule has 0 bridgehead atoms. The zero-order valence-electron chi connectivity index (χ0n) is 4.04. The lowest BCUT2D eigenvalue weighted by atomic mass is 10.9. The first-order valence-corrected chi connectivity index (χ1v) is 5.16. The van der Waals surface area contributed by atoms with E-state index in [1.165, 1.54) is 6.21 Å². The molecule has 0 heterocycles. The molecule has 0 saturated heterocycles. The summed E-state index contributed by atoms with van der Waals surface area (Å²) < 4.78 is 14.2. The third-order valence-corrected chi connectivity index (χ3v) is 0.902. The van der Waals surface area contributed by atoms with Gasteiger partial charge in [-0.2, -0.15) is 0 Å². The van der Waals surface area contributed by atoms with Crippen molar-refractivity contribution < 1.29 is 9.19 Å². The molecule has 6 heteroatoms. The normalized spacial score (nSPS) is 12.4. The second-order valence-electron chi connectivity index (χ2n) is 0.860. The van der Waals surface area contributed by atoms with E-state index in [9.17, 15) is 4.57 Å². The minimum absolute atomic E-state index is 1.29. The van der Waals surface area contributed by atoms with E-state index >= 15 is 0 Å². The number of hydrogen-bond donors (Lipinski definition) is 0. The molecule has 48 valence electrons. The number of oxime groups is 1. The van der Waals surface area contributed by atoms with Crippen LogP contribution < -0.4 is 0 Å². The molecule has 0 aromatic heterocycles. The van der Waals surface area contributed by atoms with Gasteiger partial charge in [-0.25, -0.2) is 4.57 Å². The average Bonchev–Trinajstić information content (AvgIpc) is 1.59. The van der Waals surface area contributed by atoms with Crippen molar-refractivity contribution in [2.45, 2.75) is 6.92 Å². The lowest BCUT2D eigenvalue weighted by Crippen LogP contribution is -1.65. The van der Waals surface area contributed by atoms with Gasteiger partial charge >= 0.3 is 6.07 Å². The molecule has 0 spiro atoms. The van der Waals surface area contributed by atoms with E-state index in [1.807, 2.05) is 0 Å². The molecule has 0 aliphatic rings. The van der Waals surface area contributed by atoms with E-state index in [0.717, 1.165) is 0 Å². The van der Waals surface area contributed by atoms with E-state index in [4.69, 9.17) is 22.5 Å². The molecule has 0 atom stereocenters. The van der Waals surface area contributed by atoms with Crippen molar-refractivity contribution in [1.82, 2.24) is 0 Å². The van der Waals surface area contributed by atoms with E-state index in [0.29, 0.717) is 0 Å². The standard InChI is InChI=1S/C2H4Cl2NO2P/c1-2-5-7-8(3,4)6/h2H,1H3. The van der Waals surface area contributed by atoms with Gasteiger partial charge in [0, 0.05) is 28.7 Å². The van der Waals surface area contributed by atoms with Crippen LogP contribution in [0.2, 0.25) is 0 Å². The van der Waals surface area contributed by atoms with Gasteiger partial charge in [0.1, 0.15) is 0 Å². The fraction of sp³-hybridized carbons (Fsp3) is 0.500. The fourth-order valence-corrected chi connectivity index (χ4v) is 0.520. The summed E-state index contributed by atoms with van der Waals surface area (Å²) in [6.07, 6.45) is -2.15. The Labute approximate surface area is 56.6 Å². The Morgan fingerprint density at radius 2 is 2.25 bits per heavy atom. The first kappa shape index (κ1) is 8.28. The predicted molar refractivity (Wildman–Crippen MR) is 34.6 cm³/mol. The third-order valence-electron chi connectivity index (χ3n) is 0.248. The van der Waals surface area contributed by atoms with E-state index in [1.54, 1.807) is 6.92 Å². The average molecular weight is 176 g/mol. The van der Waals surface area contributed by atoms with Crippen molar-refractivity contribution in [2.24, 2.45) is 5.16 Å². The first-order chi connectivity index (χ1) is 3.56. The van der Waals surface area contributed by atoms with Gasteiger partial charge in [-0.3, -0.25) is 0 Å². The summed E-state index contributed by atoms with van der Waals surface area (Å²) in [4.78, 5) is 0. The molecule has 0 N–H and O–H groups in total. The second-order valence-corrected chi connectivity index (χ2v) is 5.04. The number of hydrogen-bond acceptors (Lipinski definition) is 3. The van der Waals surface area contributed by atoms with Crippen LogP contribution in [0.1, 0.15) is 6.92 Å². The van der Waals surface area contributed by atoms with Crippen molar-refractivity contribution in [3.63, 3.8) is 0 Å². The van der Waals surface area contributed by atoms with Crippen molar-refractivity contribution >= 4 is 34.8 Å². The summed E-state index contributed by atoms with van der Waals surface area (Å²) in [5, 5.41) is 3.09. The van der Waals surface area contributed by atoms with Crippen LogP contribution in [0.3, 0.4) is 0 Å². The Balaban J connectivity index is 3.57. The number of rotatable bonds is 2. The molecule has 0 radical (unpaired) electrons. The third kappa shape index (κ3) is 6.28. The summed E-state index contributed by atoms with van der Waals surface area (Å²) >= 11 is 9.79. The van der Waals surface area contributed by atoms with Crippen LogP contribution in [0.4, 0.5) is 0 Å². The molecule has 0 saturated carbocycles. The molecular formula is C2H4Cl2NO2P. The highest BCUT2D eigenvalue weighted by molar-refractivity contribution is 8.05. The lowest BCUT2D eigenvalue weighted by molar-refractivity contribution is 0.359. The van der Waals surface area contributed by atoms with Crippen molar-refractivity contribution in [3.05, 3.63) is 0 Å². The second kappa shape index (κ2) is 3.33. The Bertz CT molecular complexity index is 130. The van der Waals surface area contributed by atoms with E-state index < -0.39 is 6.07 Å². The van der Waals surface area contributed by atoms with Crippen molar-refractivity contribution in [3.8, 4) is 0 Å². The van der Waals surface area contributed by atoms with Crippen molar-refractivity contribution in [1.29, 1.82) is 0 Å². The van der Waals surface area contributed by atoms with Gasteiger partial charge in [-0.15, -0.1) is 0 Å². The van der Waals surface area contributed by atoms with Gasteiger partial charge in [-0.1, -0.05) is 5.16 Å².